The van der Waals surface area contributed by atoms with Gasteiger partial charge in [-0.3, -0.25) is 9.89 Å². The molecule has 0 aromatic heterocycles. The van der Waals surface area contributed by atoms with E-state index < -0.39 is 0 Å². The average molecular weight is 487 g/mol. The summed E-state index contributed by atoms with van der Waals surface area (Å²) in [7, 11) is 4.09. The molecule has 1 N–H and O–H groups in total. The van der Waals surface area contributed by atoms with Crippen molar-refractivity contribution in [3.05, 3.63) is 35.9 Å². The smallest absolute Gasteiger partial charge is 0.193 e. The first-order valence-electron chi connectivity index (χ1n) is 10.0. The van der Waals surface area contributed by atoms with Gasteiger partial charge in [-0.2, -0.15) is 0 Å². The predicted molar refractivity (Wildman–Crippen MR) is 127 cm³/mol. The van der Waals surface area contributed by atoms with E-state index in [9.17, 15) is 0 Å². The van der Waals surface area contributed by atoms with Crippen molar-refractivity contribution in [2.75, 3.05) is 53.4 Å². The summed E-state index contributed by atoms with van der Waals surface area (Å²) in [6, 6.07) is 11.4. The summed E-state index contributed by atoms with van der Waals surface area (Å²) >= 11 is 0. The Morgan fingerprint density at radius 1 is 1.11 bits per heavy atom. The van der Waals surface area contributed by atoms with Crippen LogP contribution in [0.15, 0.2) is 35.3 Å². The molecule has 0 spiro atoms. The van der Waals surface area contributed by atoms with Crippen LogP contribution in [0.1, 0.15) is 32.3 Å². The number of hydrogen-bond acceptors (Lipinski definition) is 3. The Hall–Kier alpha value is -0.860. The summed E-state index contributed by atoms with van der Waals surface area (Å²) < 4.78 is 0. The van der Waals surface area contributed by atoms with E-state index in [4.69, 9.17) is 0 Å². The van der Waals surface area contributed by atoms with E-state index >= 15 is 0 Å². The molecule has 0 bridgehead atoms. The molecule has 0 unspecified atom stereocenters. The number of unbranched alkanes of at least 4 members (excludes halogenated alkanes) is 1. The van der Waals surface area contributed by atoms with Gasteiger partial charge in [0.05, 0.1) is 0 Å². The number of benzene rings is 1. The summed E-state index contributed by atoms with van der Waals surface area (Å²) in [5, 5.41) is 3.55. The third-order valence-corrected chi connectivity index (χ3v) is 5.23. The van der Waals surface area contributed by atoms with Gasteiger partial charge in [0.2, 0.25) is 0 Å². The standard InChI is InChI=1S/C21H37N5.HI/c1-19(2)24(4)13-9-8-12-23-21(22-3)26-16-14-25(15-17-26)18-20-10-6-5-7-11-20;/h5-7,10-11,19H,8-9,12-18H2,1-4H3,(H,22,23);1H. The van der Waals surface area contributed by atoms with Crippen molar-refractivity contribution in [1.82, 2.24) is 20.0 Å². The fourth-order valence-electron chi connectivity index (χ4n) is 3.24. The lowest BCUT2D eigenvalue weighted by molar-refractivity contribution is 0.172. The van der Waals surface area contributed by atoms with Crippen LogP contribution in [0.25, 0.3) is 0 Å². The Morgan fingerprint density at radius 2 is 1.78 bits per heavy atom. The number of rotatable bonds is 8. The molecule has 2 rings (SSSR count). The first-order chi connectivity index (χ1) is 12.6. The van der Waals surface area contributed by atoms with Crippen LogP contribution in [0.4, 0.5) is 0 Å². The number of hydrogen-bond donors (Lipinski definition) is 1. The second kappa shape index (κ2) is 13.3. The molecular weight excluding hydrogens is 449 g/mol. The van der Waals surface area contributed by atoms with Crippen molar-refractivity contribution in [3.8, 4) is 0 Å². The zero-order valence-corrected chi connectivity index (χ0v) is 19.9. The van der Waals surface area contributed by atoms with Gasteiger partial charge in [0, 0.05) is 52.4 Å². The second-order valence-electron chi connectivity index (χ2n) is 7.50. The van der Waals surface area contributed by atoms with E-state index in [1.54, 1.807) is 0 Å². The zero-order chi connectivity index (χ0) is 18.8. The highest BCUT2D eigenvalue weighted by molar-refractivity contribution is 14.0. The van der Waals surface area contributed by atoms with Crippen LogP contribution in [0, 0.1) is 0 Å². The molecule has 1 saturated heterocycles. The van der Waals surface area contributed by atoms with E-state index in [1.807, 2.05) is 7.05 Å². The van der Waals surface area contributed by atoms with Crippen molar-refractivity contribution >= 4 is 29.9 Å². The van der Waals surface area contributed by atoms with Crippen LogP contribution in [0.2, 0.25) is 0 Å². The number of nitrogens with zero attached hydrogens (tertiary/aromatic N) is 4. The fraction of sp³-hybridized carbons (Fsp3) is 0.667. The minimum absolute atomic E-state index is 0. The highest BCUT2D eigenvalue weighted by Gasteiger charge is 2.19. The van der Waals surface area contributed by atoms with E-state index in [2.05, 4.69) is 76.2 Å². The average Bonchev–Trinajstić information content (AvgIpc) is 2.66. The largest absolute Gasteiger partial charge is 0.356 e. The lowest BCUT2D eigenvalue weighted by Crippen LogP contribution is -2.52. The quantitative estimate of drug-likeness (QED) is 0.265. The summed E-state index contributed by atoms with van der Waals surface area (Å²) in [6.07, 6.45) is 2.41. The number of nitrogens with one attached hydrogen (secondary N) is 1. The van der Waals surface area contributed by atoms with Crippen LogP contribution < -0.4 is 5.32 Å². The predicted octanol–water partition coefficient (Wildman–Crippen LogP) is 3.12. The summed E-state index contributed by atoms with van der Waals surface area (Å²) in [5.41, 5.74) is 1.40. The molecule has 0 saturated carbocycles. The lowest BCUT2D eigenvalue weighted by atomic mass is 10.2. The van der Waals surface area contributed by atoms with E-state index in [0.717, 1.165) is 51.8 Å². The van der Waals surface area contributed by atoms with Crippen LogP contribution in [0.3, 0.4) is 0 Å². The molecule has 0 aliphatic carbocycles. The maximum absolute atomic E-state index is 4.48. The second-order valence-corrected chi connectivity index (χ2v) is 7.50. The van der Waals surface area contributed by atoms with Gasteiger partial charge in [0.1, 0.15) is 0 Å². The third kappa shape index (κ3) is 8.79. The van der Waals surface area contributed by atoms with Crippen LogP contribution in [-0.4, -0.2) is 80.1 Å². The van der Waals surface area contributed by atoms with Gasteiger partial charge in [-0.05, 0) is 45.8 Å². The van der Waals surface area contributed by atoms with Gasteiger partial charge in [0.25, 0.3) is 0 Å². The number of piperazine rings is 1. The molecule has 5 nitrogen and oxygen atoms in total. The minimum Gasteiger partial charge on any atom is -0.356 e. The highest BCUT2D eigenvalue weighted by Crippen LogP contribution is 2.08. The van der Waals surface area contributed by atoms with Crippen LogP contribution >= 0.6 is 24.0 Å². The summed E-state index contributed by atoms with van der Waals surface area (Å²) in [4.78, 5) is 11.8. The van der Waals surface area contributed by atoms with Crippen molar-refractivity contribution in [2.45, 2.75) is 39.3 Å². The van der Waals surface area contributed by atoms with E-state index in [-0.39, 0.29) is 24.0 Å². The molecule has 1 aliphatic rings. The third-order valence-electron chi connectivity index (χ3n) is 5.23. The molecule has 154 valence electrons. The Kier molecular flexibility index (Phi) is 11.9. The Balaban J connectivity index is 0.00000364. The molecule has 0 atom stereocenters. The van der Waals surface area contributed by atoms with E-state index in [1.165, 1.54) is 18.4 Å². The van der Waals surface area contributed by atoms with Gasteiger partial charge >= 0.3 is 0 Å². The molecule has 1 fully saturated rings. The first kappa shape index (κ1) is 24.2. The Morgan fingerprint density at radius 3 is 2.37 bits per heavy atom. The van der Waals surface area contributed by atoms with E-state index in [0.29, 0.717) is 6.04 Å². The molecular formula is C21H38IN5. The molecule has 6 heteroatoms. The number of halogens is 1. The molecule has 1 aromatic carbocycles. The van der Waals surface area contributed by atoms with Gasteiger partial charge in [-0.25, -0.2) is 0 Å². The minimum atomic E-state index is 0. The van der Waals surface area contributed by atoms with Crippen molar-refractivity contribution in [2.24, 2.45) is 4.99 Å². The zero-order valence-electron chi connectivity index (χ0n) is 17.5. The molecule has 1 aliphatic heterocycles. The van der Waals surface area contributed by atoms with Gasteiger partial charge in [0.15, 0.2) is 5.96 Å². The maximum atomic E-state index is 4.48. The van der Waals surface area contributed by atoms with Gasteiger partial charge < -0.3 is 15.1 Å². The molecule has 0 amide bonds. The topological polar surface area (TPSA) is 34.1 Å². The van der Waals surface area contributed by atoms with Crippen molar-refractivity contribution in [3.63, 3.8) is 0 Å². The summed E-state index contributed by atoms with van der Waals surface area (Å²) in [6.45, 7) is 12.0. The molecule has 1 heterocycles. The highest BCUT2D eigenvalue weighted by atomic mass is 127. The maximum Gasteiger partial charge on any atom is 0.193 e. The molecule has 0 radical (unpaired) electrons. The molecule has 27 heavy (non-hydrogen) atoms. The van der Waals surface area contributed by atoms with Crippen molar-refractivity contribution in [1.29, 1.82) is 0 Å². The Bertz CT molecular complexity index is 527. The first-order valence-corrected chi connectivity index (χ1v) is 10.0. The molecule has 1 aromatic rings. The van der Waals surface area contributed by atoms with Crippen LogP contribution in [0.5, 0.6) is 0 Å². The Labute approximate surface area is 183 Å². The van der Waals surface area contributed by atoms with Gasteiger partial charge in [-0.15, -0.1) is 24.0 Å². The fourth-order valence-corrected chi connectivity index (χ4v) is 3.24. The lowest BCUT2D eigenvalue weighted by Gasteiger charge is -2.36. The number of guanidine groups is 1. The summed E-state index contributed by atoms with van der Waals surface area (Å²) in [5.74, 6) is 1.06. The SMILES string of the molecule is CN=C(NCCCCN(C)C(C)C)N1CCN(Cc2ccccc2)CC1.I. The van der Waals surface area contributed by atoms with Crippen molar-refractivity contribution < 1.29 is 0 Å². The normalized spacial score (nSPS) is 15.9. The van der Waals surface area contributed by atoms with Gasteiger partial charge in [-0.1, -0.05) is 30.3 Å². The monoisotopic (exact) mass is 487 g/mol. The number of aliphatic imine (C=N–C) groups is 1. The van der Waals surface area contributed by atoms with Crippen LogP contribution in [-0.2, 0) is 6.54 Å².